The van der Waals surface area contributed by atoms with Crippen LogP contribution in [0.15, 0.2) is 97.6 Å². The Hall–Kier alpha value is -3.15. The van der Waals surface area contributed by atoms with Crippen molar-refractivity contribution in [2.24, 2.45) is 0 Å². The van der Waals surface area contributed by atoms with Gasteiger partial charge in [0.1, 0.15) is 0 Å². The van der Waals surface area contributed by atoms with Crippen LogP contribution in [-0.4, -0.2) is 26.1 Å². The van der Waals surface area contributed by atoms with Gasteiger partial charge in [0.25, 0.3) is 0 Å². The van der Waals surface area contributed by atoms with Crippen LogP contribution >= 0.6 is 23.8 Å². The van der Waals surface area contributed by atoms with Gasteiger partial charge in [-0.1, -0.05) is 72.3 Å². The van der Waals surface area contributed by atoms with E-state index in [1.165, 1.54) is 11.1 Å². The molecule has 0 aliphatic carbocycles. The average molecular weight is 461 g/mol. The molecule has 0 aliphatic rings. The molecule has 0 amide bonds. The first-order valence-electron chi connectivity index (χ1n) is 10.6. The summed E-state index contributed by atoms with van der Waals surface area (Å²) in [7, 11) is 0. The summed E-state index contributed by atoms with van der Waals surface area (Å²) in [5.74, 6) is 0. The van der Waals surface area contributed by atoms with Gasteiger partial charge in [0, 0.05) is 42.7 Å². The second-order valence-corrected chi connectivity index (χ2v) is 8.33. The molecule has 0 unspecified atom stereocenters. The van der Waals surface area contributed by atoms with Gasteiger partial charge in [-0.15, -0.1) is 0 Å². The molecule has 4 aromatic rings. The summed E-state index contributed by atoms with van der Waals surface area (Å²) in [4.78, 5) is 6.28. The van der Waals surface area contributed by atoms with Crippen LogP contribution in [-0.2, 0) is 13.1 Å². The lowest BCUT2D eigenvalue weighted by Crippen LogP contribution is -2.35. The number of nitrogens with one attached hydrogen (secondary N) is 1. The fourth-order valence-corrected chi connectivity index (χ4v) is 4.00. The highest BCUT2D eigenvalue weighted by atomic mass is 35.5. The number of nitrogens with zero attached hydrogens (tertiary/aromatic N) is 3. The lowest BCUT2D eigenvalue weighted by atomic mass is 10.1. The molecule has 162 valence electrons. The molecule has 0 saturated carbocycles. The monoisotopic (exact) mass is 460 g/mol. The molecule has 1 heterocycles. The van der Waals surface area contributed by atoms with E-state index in [2.05, 4.69) is 56.2 Å². The maximum atomic E-state index is 6.42. The Balaban J connectivity index is 1.44. The largest absolute Gasteiger partial charge is 0.345 e. The number of hydrogen-bond donors (Lipinski definition) is 1. The quantitative estimate of drug-likeness (QED) is 0.304. The summed E-state index contributed by atoms with van der Waals surface area (Å²) in [6.07, 6.45) is 6.55. The molecule has 0 radical (unpaired) electrons. The first-order chi connectivity index (χ1) is 15.7. The van der Waals surface area contributed by atoms with Crippen LogP contribution in [0.5, 0.6) is 0 Å². The number of benzene rings is 3. The van der Waals surface area contributed by atoms with Crippen molar-refractivity contribution < 1.29 is 0 Å². The van der Waals surface area contributed by atoms with Crippen molar-refractivity contribution in [3.05, 3.63) is 108 Å². The maximum absolute atomic E-state index is 6.42. The Kier molecular flexibility index (Phi) is 7.54. The van der Waals surface area contributed by atoms with Crippen molar-refractivity contribution in [3.63, 3.8) is 0 Å². The number of hydrogen-bond acceptors (Lipinski definition) is 2. The van der Waals surface area contributed by atoms with Crippen LogP contribution in [0.2, 0.25) is 5.02 Å². The molecule has 0 atom stereocenters. The molecule has 1 N–H and O–H groups in total. The lowest BCUT2D eigenvalue weighted by Gasteiger charge is -2.26. The highest BCUT2D eigenvalue weighted by molar-refractivity contribution is 7.80. The molecule has 32 heavy (non-hydrogen) atoms. The third-order valence-electron chi connectivity index (χ3n) is 5.25. The summed E-state index contributed by atoms with van der Waals surface area (Å²) in [6.45, 7) is 2.34. The minimum atomic E-state index is 0.650. The van der Waals surface area contributed by atoms with E-state index in [9.17, 15) is 0 Å². The Morgan fingerprint density at radius 1 is 0.938 bits per heavy atom. The third kappa shape index (κ3) is 5.96. The van der Waals surface area contributed by atoms with Crippen molar-refractivity contribution in [1.29, 1.82) is 0 Å². The molecule has 0 spiro atoms. The van der Waals surface area contributed by atoms with Crippen molar-refractivity contribution in [2.75, 3.05) is 11.9 Å². The fourth-order valence-electron chi connectivity index (χ4n) is 3.53. The van der Waals surface area contributed by atoms with Gasteiger partial charge in [-0.2, -0.15) is 0 Å². The lowest BCUT2D eigenvalue weighted by molar-refractivity contribution is 0.396. The van der Waals surface area contributed by atoms with E-state index in [0.717, 1.165) is 35.8 Å². The molecule has 0 aliphatic heterocycles. The van der Waals surface area contributed by atoms with Crippen LogP contribution in [0.25, 0.3) is 11.1 Å². The molecule has 6 heteroatoms. The predicted octanol–water partition coefficient (Wildman–Crippen LogP) is 6.49. The first kappa shape index (κ1) is 22.1. The number of aromatic nitrogens is 2. The Morgan fingerprint density at radius 3 is 2.38 bits per heavy atom. The second-order valence-electron chi connectivity index (χ2n) is 7.54. The van der Waals surface area contributed by atoms with Crippen molar-refractivity contribution in [2.45, 2.75) is 19.5 Å². The van der Waals surface area contributed by atoms with Crippen molar-refractivity contribution >= 4 is 34.6 Å². The van der Waals surface area contributed by atoms with E-state index in [4.69, 9.17) is 23.8 Å². The Morgan fingerprint density at radius 2 is 1.66 bits per heavy atom. The van der Waals surface area contributed by atoms with Crippen LogP contribution in [0.3, 0.4) is 0 Å². The number of halogens is 1. The average Bonchev–Trinajstić information content (AvgIpc) is 3.34. The Bertz CT molecular complexity index is 1130. The zero-order valence-electron chi connectivity index (χ0n) is 17.7. The molecule has 3 aromatic carbocycles. The molecular formula is C26H25ClN4S. The Labute approximate surface area is 199 Å². The summed E-state index contributed by atoms with van der Waals surface area (Å²) in [5.41, 5.74) is 4.39. The summed E-state index contributed by atoms with van der Waals surface area (Å²) >= 11 is 12.2. The SMILES string of the molecule is S=C(Nc1ccc(-c2ccccc2)cc1)N(CCCn1ccnc1)Cc1ccccc1Cl. The van der Waals surface area contributed by atoms with Crippen molar-refractivity contribution in [3.8, 4) is 11.1 Å². The van der Waals surface area contributed by atoms with Crippen LogP contribution < -0.4 is 5.32 Å². The molecular weight excluding hydrogens is 436 g/mol. The van der Waals surface area contributed by atoms with Crippen molar-refractivity contribution in [1.82, 2.24) is 14.5 Å². The van der Waals surface area contributed by atoms with Gasteiger partial charge in [0.2, 0.25) is 0 Å². The summed E-state index contributed by atoms with van der Waals surface area (Å²) in [6, 6.07) is 26.6. The van der Waals surface area contributed by atoms with E-state index < -0.39 is 0 Å². The molecule has 0 saturated heterocycles. The van der Waals surface area contributed by atoms with Gasteiger partial charge < -0.3 is 14.8 Å². The number of aryl methyl sites for hydroxylation is 1. The van der Waals surface area contributed by atoms with E-state index >= 15 is 0 Å². The molecule has 0 fully saturated rings. The molecule has 4 rings (SSSR count). The molecule has 4 nitrogen and oxygen atoms in total. The molecule has 1 aromatic heterocycles. The normalized spacial score (nSPS) is 10.7. The maximum Gasteiger partial charge on any atom is 0.173 e. The second kappa shape index (κ2) is 10.9. The standard InChI is InChI=1S/C26H25ClN4S/c27-25-10-5-4-9-23(25)19-31(17-6-16-30-18-15-28-20-30)26(32)29-24-13-11-22(12-14-24)21-7-2-1-3-8-21/h1-5,7-15,18,20H,6,16-17,19H2,(H,29,32). The number of thiocarbonyl (C=S) groups is 1. The number of rotatable bonds is 8. The summed E-state index contributed by atoms with van der Waals surface area (Å²) in [5, 5.41) is 4.83. The van der Waals surface area contributed by atoms with Crippen LogP contribution in [0.4, 0.5) is 5.69 Å². The van der Waals surface area contributed by atoms with E-state index in [-0.39, 0.29) is 0 Å². The molecule has 0 bridgehead atoms. The zero-order valence-corrected chi connectivity index (χ0v) is 19.3. The van der Waals surface area contributed by atoms with Crippen LogP contribution in [0, 0.1) is 0 Å². The topological polar surface area (TPSA) is 33.1 Å². The van der Waals surface area contributed by atoms with Gasteiger partial charge in [-0.3, -0.25) is 0 Å². The van der Waals surface area contributed by atoms with E-state index in [1.54, 1.807) is 6.20 Å². The fraction of sp³-hybridized carbons (Fsp3) is 0.154. The van der Waals surface area contributed by atoms with Gasteiger partial charge in [0.05, 0.1) is 6.33 Å². The van der Waals surface area contributed by atoms with Crippen LogP contribution in [0.1, 0.15) is 12.0 Å². The summed E-state index contributed by atoms with van der Waals surface area (Å²) < 4.78 is 2.08. The van der Waals surface area contributed by atoms with E-state index in [1.807, 2.05) is 55.0 Å². The smallest absolute Gasteiger partial charge is 0.173 e. The highest BCUT2D eigenvalue weighted by Gasteiger charge is 2.13. The predicted molar refractivity (Wildman–Crippen MR) is 137 cm³/mol. The number of imidazole rings is 1. The van der Waals surface area contributed by atoms with Gasteiger partial charge in [-0.05, 0) is 53.5 Å². The van der Waals surface area contributed by atoms with Gasteiger partial charge in [0.15, 0.2) is 5.11 Å². The zero-order chi connectivity index (χ0) is 22.2. The van der Waals surface area contributed by atoms with Gasteiger partial charge >= 0.3 is 0 Å². The minimum Gasteiger partial charge on any atom is -0.345 e. The highest BCUT2D eigenvalue weighted by Crippen LogP contribution is 2.22. The number of anilines is 1. The minimum absolute atomic E-state index is 0.650. The van der Waals surface area contributed by atoms with Gasteiger partial charge in [-0.25, -0.2) is 4.98 Å². The third-order valence-corrected chi connectivity index (χ3v) is 5.98. The first-order valence-corrected chi connectivity index (χ1v) is 11.4. The van der Waals surface area contributed by atoms with E-state index in [0.29, 0.717) is 11.7 Å².